The molecule has 2 heterocycles. The number of benzene rings is 1. The molecule has 0 N–H and O–H groups in total. The van der Waals surface area contributed by atoms with Crippen molar-refractivity contribution in [2.75, 3.05) is 0 Å². The van der Waals surface area contributed by atoms with Gasteiger partial charge in [-0.2, -0.15) is 4.99 Å². The van der Waals surface area contributed by atoms with Crippen LogP contribution in [0.3, 0.4) is 0 Å². The number of nitrogens with zero attached hydrogens (tertiary/aromatic N) is 4. The van der Waals surface area contributed by atoms with Crippen LogP contribution in [0.1, 0.15) is 9.67 Å². The summed E-state index contributed by atoms with van der Waals surface area (Å²) in [5.41, 5.74) is 0.528. The molecule has 0 fully saturated rings. The van der Waals surface area contributed by atoms with Crippen LogP contribution in [0.15, 0.2) is 35.3 Å². The summed E-state index contributed by atoms with van der Waals surface area (Å²) in [5.74, 6) is 1.81. The lowest BCUT2D eigenvalue weighted by atomic mass is 10.3. The summed E-state index contributed by atoms with van der Waals surface area (Å²) in [5, 5.41) is 21.5. The molecular formula is C15H8N4O5S2. The lowest BCUT2D eigenvalue weighted by molar-refractivity contribution is -0.384. The fourth-order valence-corrected chi connectivity index (χ4v) is 3.95. The number of terminal acetylenes is 1. The Morgan fingerprint density at radius 1 is 1.19 bits per heavy atom. The van der Waals surface area contributed by atoms with Crippen LogP contribution in [0.5, 0.6) is 0 Å². The molecule has 0 spiro atoms. The first-order chi connectivity index (χ1) is 12.4. The lowest BCUT2D eigenvalue weighted by Crippen LogP contribution is -2.16. The van der Waals surface area contributed by atoms with Gasteiger partial charge in [-0.15, -0.1) is 6.42 Å². The maximum atomic E-state index is 12.3. The van der Waals surface area contributed by atoms with E-state index in [2.05, 4.69) is 10.9 Å². The van der Waals surface area contributed by atoms with E-state index in [9.17, 15) is 25.0 Å². The van der Waals surface area contributed by atoms with Gasteiger partial charge in [-0.25, -0.2) is 0 Å². The molecular weight excluding hydrogens is 380 g/mol. The van der Waals surface area contributed by atoms with Crippen molar-refractivity contribution in [2.24, 2.45) is 4.99 Å². The molecule has 26 heavy (non-hydrogen) atoms. The SMILES string of the molecule is C#CCn1c(=NC(=O)c2ccc([N+](=O)[O-])s2)sc2cc([N+](=O)[O-])ccc21. The van der Waals surface area contributed by atoms with E-state index in [1.54, 1.807) is 10.6 Å². The number of rotatable bonds is 4. The van der Waals surface area contributed by atoms with Crippen molar-refractivity contribution in [1.82, 2.24) is 4.57 Å². The van der Waals surface area contributed by atoms with Crippen molar-refractivity contribution in [3.8, 4) is 12.3 Å². The average Bonchev–Trinajstić information content (AvgIpc) is 3.20. The molecule has 3 rings (SSSR count). The number of thiophene rings is 1. The lowest BCUT2D eigenvalue weighted by Gasteiger charge is -1.99. The second-order valence-corrected chi connectivity index (χ2v) is 6.97. The average molecular weight is 388 g/mol. The summed E-state index contributed by atoms with van der Waals surface area (Å²) in [6.07, 6.45) is 5.36. The molecule has 0 saturated heterocycles. The topological polar surface area (TPSA) is 121 Å². The largest absolute Gasteiger partial charge is 0.324 e. The van der Waals surface area contributed by atoms with Gasteiger partial charge >= 0.3 is 5.00 Å². The molecule has 0 unspecified atom stereocenters. The van der Waals surface area contributed by atoms with E-state index in [0.717, 1.165) is 22.7 Å². The predicted octanol–water partition coefficient (Wildman–Crippen LogP) is 2.96. The zero-order valence-corrected chi connectivity index (χ0v) is 14.5. The molecule has 3 aromatic rings. The van der Waals surface area contributed by atoms with Gasteiger partial charge in [-0.05, 0) is 12.1 Å². The Hall–Kier alpha value is -3.36. The number of nitro groups is 2. The van der Waals surface area contributed by atoms with Crippen molar-refractivity contribution in [3.05, 3.63) is 60.2 Å². The third kappa shape index (κ3) is 3.23. The predicted molar refractivity (Wildman–Crippen MR) is 96.2 cm³/mol. The number of fused-ring (bicyclic) bond motifs is 1. The number of carbonyl (C=O) groups is 1. The van der Waals surface area contributed by atoms with Crippen LogP contribution in [-0.4, -0.2) is 20.3 Å². The minimum Gasteiger partial charge on any atom is -0.305 e. The van der Waals surface area contributed by atoms with Crippen molar-refractivity contribution in [1.29, 1.82) is 0 Å². The highest BCUT2D eigenvalue weighted by Gasteiger charge is 2.16. The van der Waals surface area contributed by atoms with E-state index < -0.39 is 15.8 Å². The van der Waals surface area contributed by atoms with Crippen molar-refractivity contribution >= 4 is 49.5 Å². The van der Waals surface area contributed by atoms with Gasteiger partial charge in [0.25, 0.3) is 11.6 Å². The molecule has 0 aliphatic rings. The van der Waals surface area contributed by atoms with E-state index >= 15 is 0 Å². The summed E-state index contributed by atoms with van der Waals surface area (Å²) in [4.78, 5) is 37.2. The van der Waals surface area contributed by atoms with Gasteiger partial charge in [-0.3, -0.25) is 25.0 Å². The Morgan fingerprint density at radius 3 is 2.58 bits per heavy atom. The molecule has 9 nitrogen and oxygen atoms in total. The van der Waals surface area contributed by atoms with Crippen molar-refractivity contribution in [2.45, 2.75) is 6.54 Å². The van der Waals surface area contributed by atoms with E-state index in [-0.39, 0.29) is 26.9 Å². The van der Waals surface area contributed by atoms with Gasteiger partial charge < -0.3 is 4.57 Å². The Bertz CT molecular complexity index is 1160. The molecule has 0 aliphatic carbocycles. The van der Waals surface area contributed by atoms with Gasteiger partial charge in [-0.1, -0.05) is 28.6 Å². The Balaban J connectivity index is 2.12. The maximum absolute atomic E-state index is 12.3. The van der Waals surface area contributed by atoms with Crippen LogP contribution in [0.25, 0.3) is 10.2 Å². The van der Waals surface area contributed by atoms with Crippen LogP contribution in [0.4, 0.5) is 10.7 Å². The highest BCUT2D eigenvalue weighted by Crippen LogP contribution is 2.25. The number of carbonyl (C=O) groups excluding carboxylic acids is 1. The second-order valence-electron chi connectivity index (χ2n) is 4.90. The summed E-state index contributed by atoms with van der Waals surface area (Å²) >= 11 is 1.80. The quantitative estimate of drug-likeness (QED) is 0.386. The van der Waals surface area contributed by atoms with Crippen LogP contribution < -0.4 is 4.80 Å². The number of thiazole rings is 1. The molecule has 2 aromatic heterocycles. The van der Waals surface area contributed by atoms with E-state index in [1.807, 2.05) is 0 Å². The molecule has 11 heteroatoms. The number of aromatic nitrogens is 1. The van der Waals surface area contributed by atoms with Crippen LogP contribution in [0, 0.1) is 32.6 Å². The zero-order valence-electron chi connectivity index (χ0n) is 12.8. The van der Waals surface area contributed by atoms with Crippen LogP contribution in [-0.2, 0) is 6.54 Å². The number of non-ortho nitro benzene ring substituents is 1. The first-order valence-electron chi connectivity index (χ1n) is 6.95. The summed E-state index contributed by atoms with van der Waals surface area (Å²) in [7, 11) is 0. The second kappa shape index (κ2) is 6.87. The number of amides is 1. The number of hydrogen-bond acceptors (Lipinski definition) is 7. The molecule has 0 saturated carbocycles. The Labute approximate surface area is 153 Å². The fourth-order valence-electron chi connectivity index (χ4n) is 2.19. The third-order valence-electron chi connectivity index (χ3n) is 3.31. The van der Waals surface area contributed by atoms with Gasteiger partial charge in [0.15, 0.2) is 4.80 Å². The summed E-state index contributed by atoms with van der Waals surface area (Å²) in [6.45, 7) is 0.120. The summed E-state index contributed by atoms with van der Waals surface area (Å²) < 4.78 is 2.14. The van der Waals surface area contributed by atoms with E-state index in [1.165, 1.54) is 24.3 Å². The third-order valence-corrected chi connectivity index (χ3v) is 5.37. The minimum absolute atomic E-state index is 0.0848. The number of hydrogen-bond donors (Lipinski definition) is 0. The minimum atomic E-state index is -0.644. The van der Waals surface area contributed by atoms with Gasteiger partial charge in [0.05, 0.1) is 26.6 Å². The van der Waals surface area contributed by atoms with E-state index in [0.29, 0.717) is 10.2 Å². The first-order valence-corrected chi connectivity index (χ1v) is 8.58. The molecule has 0 aliphatic heterocycles. The molecule has 0 radical (unpaired) electrons. The first kappa shape index (κ1) is 17.5. The maximum Gasteiger partial charge on any atom is 0.324 e. The Kier molecular flexibility index (Phi) is 4.61. The van der Waals surface area contributed by atoms with Crippen LogP contribution in [0.2, 0.25) is 0 Å². The smallest absolute Gasteiger partial charge is 0.305 e. The number of nitro benzene ring substituents is 1. The molecule has 1 amide bonds. The fraction of sp³-hybridized carbons (Fsp3) is 0.0667. The van der Waals surface area contributed by atoms with Gasteiger partial charge in [0.1, 0.15) is 4.88 Å². The highest BCUT2D eigenvalue weighted by atomic mass is 32.1. The van der Waals surface area contributed by atoms with Crippen molar-refractivity contribution in [3.63, 3.8) is 0 Å². The molecule has 0 atom stereocenters. The van der Waals surface area contributed by atoms with E-state index in [4.69, 9.17) is 6.42 Å². The zero-order chi connectivity index (χ0) is 18.8. The van der Waals surface area contributed by atoms with Gasteiger partial charge in [0, 0.05) is 18.2 Å². The Morgan fingerprint density at radius 2 is 1.96 bits per heavy atom. The standard InChI is InChI=1S/C15H8N4O5S2/c1-2-7-17-10-4-3-9(18(21)22)8-12(10)26-15(17)16-14(20)11-5-6-13(25-11)19(23)24/h1,3-6,8H,7H2. The highest BCUT2D eigenvalue weighted by molar-refractivity contribution is 7.17. The summed E-state index contributed by atoms with van der Waals surface area (Å²) in [6, 6.07) is 6.83. The molecule has 1 aromatic carbocycles. The van der Waals surface area contributed by atoms with Gasteiger partial charge in [0.2, 0.25) is 0 Å². The van der Waals surface area contributed by atoms with Crippen molar-refractivity contribution < 1.29 is 14.6 Å². The molecule has 0 bridgehead atoms. The normalized spacial score (nSPS) is 11.4. The molecule has 130 valence electrons. The van der Waals surface area contributed by atoms with Crippen LogP contribution >= 0.6 is 22.7 Å². The monoisotopic (exact) mass is 388 g/mol.